The van der Waals surface area contributed by atoms with Gasteiger partial charge in [-0.1, -0.05) is 29.9 Å². The second-order valence-corrected chi connectivity index (χ2v) is 5.13. The van der Waals surface area contributed by atoms with Gasteiger partial charge in [0.05, 0.1) is 0 Å². The minimum atomic E-state index is -0.143. The maximum Gasteiger partial charge on any atom is 0.255 e. The van der Waals surface area contributed by atoms with Crippen molar-refractivity contribution in [3.8, 4) is 5.75 Å². The molecule has 0 aromatic heterocycles. The van der Waals surface area contributed by atoms with Crippen LogP contribution in [0.2, 0.25) is 0 Å². The van der Waals surface area contributed by atoms with E-state index < -0.39 is 0 Å². The molecule has 108 valence electrons. The number of anilines is 1. The van der Waals surface area contributed by atoms with E-state index in [1.54, 1.807) is 30.3 Å². The smallest absolute Gasteiger partial charge is 0.255 e. The van der Waals surface area contributed by atoms with Crippen molar-refractivity contribution in [3.63, 3.8) is 0 Å². The average Bonchev–Trinajstić information content (AvgIpc) is 2.46. The first-order valence-electron chi connectivity index (χ1n) is 6.44. The van der Waals surface area contributed by atoms with Crippen LogP contribution in [0.15, 0.2) is 48.5 Å². The van der Waals surface area contributed by atoms with Crippen LogP contribution in [-0.2, 0) is 0 Å². The van der Waals surface area contributed by atoms with Gasteiger partial charge >= 0.3 is 0 Å². The SMILES string of the molecule is Cc1cccc(C(=O)Nc2ccc(OCC(N)=S)cc2)c1. The summed E-state index contributed by atoms with van der Waals surface area (Å²) in [6.45, 7) is 2.15. The van der Waals surface area contributed by atoms with E-state index in [0.717, 1.165) is 5.56 Å². The normalized spacial score (nSPS) is 9.95. The number of benzene rings is 2. The predicted molar refractivity (Wildman–Crippen MR) is 87.9 cm³/mol. The van der Waals surface area contributed by atoms with E-state index in [2.05, 4.69) is 5.32 Å². The second-order valence-electron chi connectivity index (χ2n) is 4.60. The summed E-state index contributed by atoms with van der Waals surface area (Å²) in [5, 5.41) is 2.83. The highest BCUT2D eigenvalue weighted by molar-refractivity contribution is 7.80. The predicted octanol–water partition coefficient (Wildman–Crippen LogP) is 2.91. The van der Waals surface area contributed by atoms with Crippen LogP contribution in [0.5, 0.6) is 5.75 Å². The number of aryl methyl sites for hydroxylation is 1. The van der Waals surface area contributed by atoms with Gasteiger partial charge < -0.3 is 15.8 Å². The van der Waals surface area contributed by atoms with Gasteiger partial charge in [0.25, 0.3) is 5.91 Å². The van der Waals surface area contributed by atoms with E-state index in [-0.39, 0.29) is 12.5 Å². The lowest BCUT2D eigenvalue weighted by atomic mass is 10.1. The van der Waals surface area contributed by atoms with Gasteiger partial charge in [-0.15, -0.1) is 0 Å². The Kier molecular flexibility index (Phi) is 4.90. The molecule has 0 spiro atoms. The summed E-state index contributed by atoms with van der Waals surface area (Å²) in [7, 11) is 0. The van der Waals surface area contributed by atoms with E-state index in [1.165, 1.54) is 0 Å². The number of ether oxygens (including phenoxy) is 1. The van der Waals surface area contributed by atoms with Gasteiger partial charge in [0.15, 0.2) is 0 Å². The topological polar surface area (TPSA) is 64.3 Å². The molecule has 0 radical (unpaired) electrons. The molecule has 4 nitrogen and oxygen atoms in total. The molecule has 2 aromatic carbocycles. The number of hydrogen-bond acceptors (Lipinski definition) is 3. The Morgan fingerprint density at radius 3 is 2.57 bits per heavy atom. The lowest BCUT2D eigenvalue weighted by Crippen LogP contribution is -2.17. The largest absolute Gasteiger partial charge is 0.487 e. The lowest BCUT2D eigenvalue weighted by molar-refractivity contribution is 0.102. The fourth-order valence-electron chi connectivity index (χ4n) is 1.78. The highest BCUT2D eigenvalue weighted by atomic mass is 32.1. The van der Waals surface area contributed by atoms with Crippen LogP contribution in [0.4, 0.5) is 5.69 Å². The molecular formula is C16H16N2O2S. The number of carbonyl (C=O) groups is 1. The minimum Gasteiger partial charge on any atom is -0.487 e. The zero-order chi connectivity index (χ0) is 15.2. The molecule has 0 aliphatic carbocycles. The van der Waals surface area contributed by atoms with Crippen LogP contribution in [-0.4, -0.2) is 17.5 Å². The van der Waals surface area contributed by atoms with Gasteiger partial charge in [0.1, 0.15) is 17.3 Å². The maximum absolute atomic E-state index is 12.1. The van der Waals surface area contributed by atoms with Gasteiger partial charge in [-0.2, -0.15) is 0 Å². The maximum atomic E-state index is 12.1. The Bertz CT molecular complexity index is 654. The summed E-state index contributed by atoms with van der Waals surface area (Å²) in [6, 6.07) is 14.5. The van der Waals surface area contributed by atoms with Crippen molar-refractivity contribution in [2.24, 2.45) is 5.73 Å². The monoisotopic (exact) mass is 300 g/mol. The molecule has 0 heterocycles. The van der Waals surface area contributed by atoms with E-state index in [1.807, 2.05) is 25.1 Å². The van der Waals surface area contributed by atoms with Crippen LogP contribution in [0.1, 0.15) is 15.9 Å². The van der Waals surface area contributed by atoms with Gasteiger partial charge in [0.2, 0.25) is 0 Å². The van der Waals surface area contributed by atoms with Crippen LogP contribution >= 0.6 is 12.2 Å². The van der Waals surface area contributed by atoms with E-state index in [0.29, 0.717) is 22.0 Å². The summed E-state index contributed by atoms with van der Waals surface area (Å²) < 4.78 is 5.35. The van der Waals surface area contributed by atoms with E-state index in [9.17, 15) is 4.79 Å². The first kappa shape index (κ1) is 15.0. The highest BCUT2D eigenvalue weighted by Crippen LogP contribution is 2.16. The first-order valence-corrected chi connectivity index (χ1v) is 6.84. The fourth-order valence-corrected chi connectivity index (χ4v) is 1.84. The third-order valence-corrected chi connectivity index (χ3v) is 2.89. The molecule has 0 saturated carbocycles. The second kappa shape index (κ2) is 6.85. The molecule has 3 N–H and O–H groups in total. The highest BCUT2D eigenvalue weighted by Gasteiger charge is 2.06. The number of thiocarbonyl (C=S) groups is 1. The van der Waals surface area contributed by atoms with Crippen LogP contribution in [0.25, 0.3) is 0 Å². The number of hydrogen-bond donors (Lipinski definition) is 2. The van der Waals surface area contributed by atoms with Gasteiger partial charge in [-0.3, -0.25) is 4.79 Å². The number of amides is 1. The number of nitrogens with two attached hydrogens (primary N) is 1. The summed E-state index contributed by atoms with van der Waals surface area (Å²) in [4.78, 5) is 12.4. The summed E-state index contributed by atoms with van der Waals surface area (Å²) >= 11 is 4.74. The molecule has 2 rings (SSSR count). The van der Waals surface area contributed by atoms with Crippen molar-refractivity contribution in [1.82, 2.24) is 0 Å². The Balaban J connectivity index is 2.00. The van der Waals surface area contributed by atoms with Crippen LogP contribution < -0.4 is 15.8 Å². The fraction of sp³-hybridized carbons (Fsp3) is 0.125. The lowest BCUT2D eigenvalue weighted by Gasteiger charge is -2.08. The van der Waals surface area contributed by atoms with E-state index in [4.69, 9.17) is 22.7 Å². The number of rotatable bonds is 5. The number of carbonyl (C=O) groups excluding carboxylic acids is 1. The Labute approximate surface area is 128 Å². The molecule has 0 atom stereocenters. The molecule has 2 aromatic rings. The van der Waals surface area contributed by atoms with Gasteiger partial charge in [-0.25, -0.2) is 0 Å². The Morgan fingerprint density at radius 1 is 1.24 bits per heavy atom. The molecule has 0 saturated heterocycles. The quantitative estimate of drug-likeness (QED) is 0.833. The minimum absolute atomic E-state index is 0.143. The van der Waals surface area contributed by atoms with Crippen molar-refractivity contribution in [1.29, 1.82) is 0 Å². The zero-order valence-corrected chi connectivity index (χ0v) is 12.4. The Morgan fingerprint density at radius 2 is 1.95 bits per heavy atom. The molecule has 0 fully saturated rings. The van der Waals surface area contributed by atoms with Crippen molar-refractivity contribution >= 4 is 28.8 Å². The van der Waals surface area contributed by atoms with Crippen molar-refractivity contribution < 1.29 is 9.53 Å². The third-order valence-electron chi connectivity index (χ3n) is 2.77. The Hall–Kier alpha value is -2.40. The molecule has 0 unspecified atom stereocenters. The first-order chi connectivity index (χ1) is 10.0. The van der Waals surface area contributed by atoms with Gasteiger partial charge in [0, 0.05) is 11.3 Å². The summed E-state index contributed by atoms with van der Waals surface area (Å²) in [5.74, 6) is 0.506. The number of nitrogens with one attached hydrogen (secondary N) is 1. The molecular weight excluding hydrogens is 284 g/mol. The van der Waals surface area contributed by atoms with Gasteiger partial charge in [-0.05, 0) is 43.3 Å². The zero-order valence-electron chi connectivity index (χ0n) is 11.6. The van der Waals surface area contributed by atoms with Crippen LogP contribution in [0, 0.1) is 6.92 Å². The van der Waals surface area contributed by atoms with Crippen LogP contribution in [0.3, 0.4) is 0 Å². The standard InChI is InChI=1S/C16H16N2O2S/c1-11-3-2-4-12(9-11)16(19)18-13-5-7-14(8-6-13)20-10-15(17)21/h2-9H,10H2,1H3,(H2,17,21)(H,18,19). The van der Waals surface area contributed by atoms with Crippen molar-refractivity contribution in [2.45, 2.75) is 6.92 Å². The van der Waals surface area contributed by atoms with E-state index >= 15 is 0 Å². The van der Waals surface area contributed by atoms with Crippen molar-refractivity contribution in [3.05, 3.63) is 59.7 Å². The molecule has 0 aliphatic heterocycles. The molecule has 5 heteroatoms. The molecule has 1 amide bonds. The summed E-state index contributed by atoms with van der Waals surface area (Å²) in [5.41, 5.74) is 7.73. The summed E-state index contributed by atoms with van der Waals surface area (Å²) in [6.07, 6.45) is 0. The molecule has 21 heavy (non-hydrogen) atoms. The average molecular weight is 300 g/mol. The molecule has 0 bridgehead atoms. The molecule has 0 aliphatic rings. The third kappa shape index (κ3) is 4.57. The van der Waals surface area contributed by atoms with Crippen molar-refractivity contribution in [2.75, 3.05) is 11.9 Å².